The topological polar surface area (TPSA) is 61.9 Å². The molecule has 6 nitrogen and oxygen atoms in total. The van der Waals surface area contributed by atoms with E-state index in [-0.39, 0.29) is 5.91 Å². The standard InChI is InChI=1S/C24H31N3O3/c1-4-6-15-26(3)17-23(28)27-21-10-8-7-9-18(21)11-12-19-13-14-20(16-22(19)27)25-24(29)30-5-2/h7-10,13-14,16H,4-6,11-12,15,17H2,1-3H3,(H,25,29). The Labute approximate surface area is 178 Å². The molecule has 0 unspecified atom stereocenters. The number of nitrogens with one attached hydrogen (secondary N) is 1. The van der Waals surface area contributed by atoms with E-state index in [1.165, 1.54) is 0 Å². The zero-order chi connectivity index (χ0) is 21.5. The molecule has 0 saturated heterocycles. The number of nitrogens with zero attached hydrogens (tertiary/aromatic N) is 2. The summed E-state index contributed by atoms with van der Waals surface area (Å²) >= 11 is 0. The molecular formula is C24H31N3O3. The van der Waals surface area contributed by atoms with Crippen LogP contribution in [0.4, 0.5) is 21.9 Å². The second-order valence-corrected chi connectivity index (χ2v) is 7.64. The van der Waals surface area contributed by atoms with Crippen molar-refractivity contribution in [3.63, 3.8) is 0 Å². The van der Waals surface area contributed by atoms with Gasteiger partial charge in [-0.2, -0.15) is 0 Å². The Balaban J connectivity index is 1.97. The third-order valence-electron chi connectivity index (χ3n) is 5.29. The van der Waals surface area contributed by atoms with E-state index in [0.29, 0.717) is 18.8 Å². The van der Waals surface area contributed by atoms with Crippen LogP contribution in [0.25, 0.3) is 0 Å². The van der Waals surface area contributed by atoms with Gasteiger partial charge in [0, 0.05) is 5.69 Å². The Bertz CT molecular complexity index is 897. The Hall–Kier alpha value is -2.86. The molecule has 1 aliphatic rings. The van der Waals surface area contributed by atoms with Gasteiger partial charge in [0.2, 0.25) is 5.91 Å². The fourth-order valence-corrected chi connectivity index (χ4v) is 3.76. The first kappa shape index (κ1) is 21.8. The Morgan fingerprint density at radius 3 is 2.53 bits per heavy atom. The molecule has 0 spiro atoms. The maximum Gasteiger partial charge on any atom is 0.411 e. The van der Waals surface area contributed by atoms with Crippen LogP contribution in [-0.4, -0.2) is 43.6 Å². The normalized spacial score (nSPS) is 12.7. The van der Waals surface area contributed by atoms with Crippen molar-refractivity contribution in [1.29, 1.82) is 0 Å². The average Bonchev–Trinajstić information content (AvgIpc) is 2.89. The Morgan fingerprint density at radius 2 is 1.80 bits per heavy atom. The van der Waals surface area contributed by atoms with Crippen LogP contribution >= 0.6 is 0 Å². The van der Waals surface area contributed by atoms with Gasteiger partial charge in [0.05, 0.1) is 24.5 Å². The first-order valence-corrected chi connectivity index (χ1v) is 10.7. The van der Waals surface area contributed by atoms with Crippen molar-refractivity contribution in [3.8, 4) is 0 Å². The predicted octanol–water partition coefficient (Wildman–Crippen LogP) is 4.75. The monoisotopic (exact) mass is 409 g/mol. The molecule has 0 bridgehead atoms. The smallest absolute Gasteiger partial charge is 0.411 e. The van der Waals surface area contributed by atoms with Crippen molar-refractivity contribution in [2.24, 2.45) is 0 Å². The van der Waals surface area contributed by atoms with E-state index < -0.39 is 6.09 Å². The number of carbonyl (C=O) groups excluding carboxylic acids is 2. The first-order chi connectivity index (χ1) is 14.5. The number of likely N-dealkylation sites (N-methyl/N-ethyl adjacent to an activating group) is 1. The number of rotatable bonds is 7. The summed E-state index contributed by atoms with van der Waals surface area (Å²) in [6.07, 6.45) is 3.36. The van der Waals surface area contributed by atoms with Gasteiger partial charge in [-0.3, -0.25) is 19.9 Å². The highest BCUT2D eigenvalue weighted by molar-refractivity contribution is 6.04. The van der Waals surface area contributed by atoms with Gasteiger partial charge in [0.1, 0.15) is 0 Å². The second kappa shape index (κ2) is 10.3. The van der Waals surface area contributed by atoms with Crippen LogP contribution in [0, 0.1) is 0 Å². The number of carbonyl (C=O) groups is 2. The number of aryl methyl sites for hydroxylation is 2. The third kappa shape index (κ3) is 5.19. The molecule has 0 aromatic heterocycles. The lowest BCUT2D eigenvalue weighted by Gasteiger charge is -2.27. The van der Waals surface area contributed by atoms with Crippen molar-refractivity contribution in [2.45, 2.75) is 39.5 Å². The number of fused-ring (bicyclic) bond motifs is 2. The molecule has 1 heterocycles. The molecule has 0 fully saturated rings. The number of hydrogen-bond acceptors (Lipinski definition) is 4. The van der Waals surface area contributed by atoms with Gasteiger partial charge >= 0.3 is 6.09 Å². The lowest BCUT2D eigenvalue weighted by atomic mass is 10.0. The zero-order valence-electron chi connectivity index (χ0n) is 18.1. The number of anilines is 3. The number of ether oxygens (including phenoxy) is 1. The van der Waals surface area contributed by atoms with Gasteiger partial charge in [-0.15, -0.1) is 0 Å². The molecular weight excluding hydrogens is 378 g/mol. The van der Waals surface area contributed by atoms with Gasteiger partial charge in [0.25, 0.3) is 0 Å². The van der Waals surface area contributed by atoms with E-state index in [1.54, 1.807) is 6.92 Å². The lowest BCUT2D eigenvalue weighted by molar-refractivity contribution is -0.118. The lowest BCUT2D eigenvalue weighted by Crippen LogP contribution is -2.37. The van der Waals surface area contributed by atoms with E-state index in [0.717, 1.165) is 54.7 Å². The van der Waals surface area contributed by atoms with Crippen LogP contribution in [-0.2, 0) is 22.4 Å². The summed E-state index contributed by atoms with van der Waals surface area (Å²) in [5.41, 5.74) is 4.59. The number of benzene rings is 2. The van der Waals surface area contributed by atoms with Crippen LogP contribution in [0.5, 0.6) is 0 Å². The maximum atomic E-state index is 13.5. The zero-order valence-corrected chi connectivity index (χ0v) is 18.1. The predicted molar refractivity (Wildman–Crippen MR) is 120 cm³/mol. The molecule has 0 saturated carbocycles. The average molecular weight is 410 g/mol. The number of para-hydroxylation sites is 1. The van der Waals surface area contributed by atoms with Crippen LogP contribution in [0.2, 0.25) is 0 Å². The highest BCUT2D eigenvalue weighted by atomic mass is 16.5. The van der Waals surface area contributed by atoms with Crippen molar-refractivity contribution in [3.05, 3.63) is 53.6 Å². The fraction of sp³-hybridized carbons (Fsp3) is 0.417. The minimum absolute atomic E-state index is 0.0255. The summed E-state index contributed by atoms with van der Waals surface area (Å²) in [5, 5.41) is 2.76. The van der Waals surface area contributed by atoms with Gasteiger partial charge < -0.3 is 4.74 Å². The first-order valence-electron chi connectivity index (χ1n) is 10.7. The molecule has 6 heteroatoms. The number of hydrogen-bond donors (Lipinski definition) is 1. The molecule has 2 aromatic rings. The number of amides is 2. The summed E-state index contributed by atoms with van der Waals surface area (Å²) in [4.78, 5) is 29.2. The van der Waals surface area contributed by atoms with Gasteiger partial charge in [-0.1, -0.05) is 37.6 Å². The third-order valence-corrected chi connectivity index (χ3v) is 5.29. The molecule has 0 radical (unpaired) electrons. The largest absolute Gasteiger partial charge is 0.450 e. The van der Waals surface area contributed by atoms with Crippen molar-refractivity contribution >= 4 is 29.1 Å². The van der Waals surface area contributed by atoms with E-state index in [9.17, 15) is 9.59 Å². The molecule has 0 atom stereocenters. The quantitative estimate of drug-likeness (QED) is 0.717. The molecule has 1 N–H and O–H groups in total. The summed E-state index contributed by atoms with van der Waals surface area (Å²) in [7, 11) is 1.98. The van der Waals surface area contributed by atoms with Crippen molar-refractivity contribution in [1.82, 2.24) is 4.90 Å². The highest BCUT2D eigenvalue weighted by Gasteiger charge is 2.26. The summed E-state index contributed by atoms with van der Waals surface area (Å²) in [6, 6.07) is 13.8. The second-order valence-electron chi connectivity index (χ2n) is 7.64. The van der Waals surface area contributed by atoms with E-state index in [2.05, 4.69) is 23.2 Å². The van der Waals surface area contributed by atoms with E-state index in [1.807, 2.05) is 48.3 Å². The van der Waals surface area contributed by atoms with Crippen LogP contribution in [0.15, 0.2) is 42.5 Å². The molecule has 0 aliphatic carbocycles. The minimum Gasteiger partial charge on any atom is -0.450 e. The maximum absolute atomic E-state index is 13.5. The minimum atomic E-state index is -0.497. The van der Waals surface area contributed by atoms with Gasteiger partial charge in [0.15, 0.2) is 0 Å². The summed E-state index contributed by atoms with van der Waals surface area (Å²) in [5.74, 6) is 0.0255. The molecule has 2 amide bonds. The van der Waals surface area contributed by atoms with Crippen molar-refractivity contribution in [2.75, 3.05) is 37.0 Å². The molecule has 3 rings (SSSR count). The van der Waals surface area contributed by atoms with Crippen LogP contribution in [0.1, 0.15) is 37.8 Å². The van der Waals surface area contributed by atoms with E-state index in [4.69, 9.17) is 4.74 Å². The van der Waals surface area contributed by atoms with Crippen LogP contribution in [0.3, 0.4) is 0 Å². The summed E-state index contributed by atoms with van der Waals surface area (Å²) in [6.45, 7) is 5.44. The molecule has 30 heavy (non-hydrogen) atoms. The van der Waals surface area contributed by atoms with E-state index >= 15 is 0 Å². The van der Waals surface area contributed by atoms with Crippen molar-refractivity contribution < 1.29 is 14.3 Å². The fourth-order valence-electron chi connectivity index (χ4n) is 3.76. The summed E-state index contributed by atoms with van der Waals surface area (Å²) < 4.78 is 5.00. The highest BCUT2D eigenvalue weighted by Crippen LogP contribution is 2.37. The van der Waals surface area contributed by atoms with Gasteiger partial charge in [-0.25, -0.2) is 4.79 Å². The molecule has 2 aromatic carbocycles. The van der Waals surface area contributed by atoms with Gasteiger partial charge in [-0.05, 0) is 69.1 Å². The number of unbranched alkanes of at least 4 members (excludes halogenated alkanes) is 1. The molecule has 1 aliphatic heterocycles. The SMILES string of the molecule is CCCCN(C)CC(=O)N1c2ccccc2CCc2ccc(NC(=O)OCC)cc21. The Morgan fingerprint density at radius 1 is 1.07 bits per heavy atom. The molecule has 160 valence electrons. The Kier molecular flexibility index (Phi) is 7.46. The van der Waals surface area contributed by atoms with Crippen LogP contribution < -0.4 is 10.2 Å².